The fourth-order valence-electron chi connectivity index (χ4n) is 3.91. The third kappa shape index (κ3) is 3.58. The zero-order valence-electron chi connectivity index (χ0n) is 18.0. The van der Waals surface area contributed by atoms with Gasteiger partial charge in [0.2, 0.25) is 10.9 Å². The van der Waals surface area contributed by atoms with E-state index in [-0.39, 0.29) is 22.3 Å². The molecule has 9 heteroatoms. The normalized spacial score (nSPS) is 15.3. The largest absolute Gasteiger partial charge is 0.494 e. The van der Waals surface area contributed by atoms with Gasteiger partial charge >= 0.3 is 0 Å². The summed E-state index contributed by atoms with van der Waals surface area (Å²) < 4.78 is 25.4. The Balaban J connectivity index is 1.71. The molecule has 0 aliphatic carbocycles. The van der Waals surface area contributed by atoms with E-state index in [2.05, 4.69) is 10.2 Å². The van der Waals surface area contributed by atoms with E-state index in [9.17, 15) is 14.0 Å². The predicted octanol–water partition coefficient (Wildman–Crippen LogP) is 4.88. The molecule has 1 atom stereocenters. The van der Waals surface area contributed by atoms with Gasteiger partial charge < -0.3 is 9.15 Å². The number of carbonyl (C=O) groups excluding carboxylic acids is 1. The van der Waals surface area contributed by atoms with E-state index in [1.54, 1.807) is 12.1 Å². The third-order valence-corrected chi connectivity index (χ3v) is 6.53. The number of benzene rings is 2. The van der Waals surface area contributed by atoms with Crippen LogP contribution in [0.4, 0.5) is 9.52 Å². The summed E-state index contributed by atoms with van der Waals surface area (Å²) in [5.74, 6) is -0.415. The predicted molar refractivity (Wildman–Crippen MR) is 123 cm³/mol. The fourth-order valence-corrected chi connectivity index (χ4v) is 4.71. The standard InChI is InChI=1S/C24H20FN3O4S/c1-3-11-31-15-8-5-13(6-9-15)20-19-21(29)16-12-14(25)7-10-17(16)32-22(19)23(30)28(20)24-27-26-18(4-2)33-24/h5-10,12,20H,3-4,11H2,1-2H3. The molecule has 1 aliphatic heterocycles. The van der Waals surface area contributed by atoms with Crippen molar-refractivity contribution in [2.45, 2.75) is 32.7 Å². The SMILES string of the molecule is CCCOc1ccc(C2c3c(oc4ccc(F)cc4c3=O)C(=O)N2c2nnc(CC)s2)cc1. The molecule has 0 saturated heterocycles. The number of anilines is 1. The Kier molecular flexibility index (Phi) is 5.41. The van der Waals surface area contributed by atoms with E-state index < -0.39 is 23.2 Å². The first kappa shape index (κ1) is 21.3. The molecule has 168 valence electrons. The fraction of sp³-hybridized carbons (Fsp3) is 0.250. The molecule has 1 aliphatic rings. The van der Waals surface area contributed by atoms with Crippen LogP contribution in [0.5, 0.6) is 5.75 Å². The van der Waals surface area contributed by atoms with Crippen molar-refractivity contribution in [1.29, 1.82) is 0 Å². The monoisotopic (exact) mass is 465 g/mol. The summed E-state index contributed by atoms with van der Waals surface area (Å²) in [7, 11) is 0. The Labute approximate surface area is 192 Å². The minimum Gasteiger partial charge on any atom is -0.494 e. The van der Waals surface area contributed by atoms with Gasteiger partial charge in [-0.05, 0) is 48.7 Å². The number of hydrogen-bond acceptors (Lipinski definition) is 7. The van der Waals surface area contributed by atoms with Crippen molar-refractivity contribution < 1.29 is 18.3 Å². The van der Waals surface area contributed by atoms with Crippen LogP contribution < -0.4 is 15.1 Å². The molecule has 33 heavy (non-hydrogen) atoms. The zero-order valence-corrected chi connectivity index (χ0v) is 18.8. The molecule has 2 aromatic carbocycles. The average molecular weight is 466 g/mol. The van der Waals surface area contributed by atoms with Gasteiger partial charge in [-0.15, -0.1) is 10.2 Å². The average Bonchev–Trinajstić information content (AvgIpc) is 3.41. The zero-order chi connectivity index (χ0) is 23.1. The minimum absolute atomic E-state index is 0.0660. The van der Waals surface area contributed by atoms with Crippen LogP contribution in [0.2, 0.25) is 0 Å². The number of carbonyl (C=O) groups is 1. The first-order valence-electron chi connectivity index (χ1n) is 10.7. The topological polar surface area (TPSA) is 85.5 Å². The van der Waals surface area contributed by atoms with Crippen LogP contribution >= 0.6 is 11.3 Å². The molecule has 7 nitrogen and oxygen atoms in total. The van der Waals surface area contributed by atoms with Crippen molar-refractivity contribution in [1.82, 2.24) is 10.2 Å². The highest BCUT2D eigenvalue weighted by molar-refractivity contribution is 7.15. The smallest absolute Gasteiger partial charge is 0.297 e. The van der Waals surface area contributed by atoms with Crippen LogP contribution in [-0.4, -0.2) is 22.7 Å². The highest BCUT2D eigenvalue weighted by atomic mass is 32.1. The molecular weight excluding hydrogens is 445 g/mol. The number of halogens is 1. The highest BCUT2D eigenvalue weighted by Crippen LogP contribution is 2.42. The lowest BCUT2D eigenvalue weighted by atomic mass is 9.98. The van der Waals surface area contributed by atoms with Gasteiger partial charge in [0, 0.05) is 0 Å². The van der Waals surface area contributed by atoms with E-state index in [0.29, 0.717) is 29.5 Å². The molecule has 0 radical (unpaired) electrons. The second-order valence-corrected chi connectivity index (χ2v) is 8.68. The van der Waals surface area contributed by atoms with Gasteiger partial charge in [0.25, 0.3) is 5.91 Å². The number of fused-ring (bicyclic) bond motifs is 2. The van der Waals surface area contributed by atoms with Gasteiger partial charge in [-0.1, -0.05) is 37.3 Å². The maximum absolute atomic E-state index is 13.9. The molecule has 0 spiro atoms. The Morgan fingerprint density at radius 1 is 1.12 bits per heavy atom. The second-order valence-electron chi connectivity index (χ2n) is 7.64. The summed E-state index contributed by atoms with van der Waals surface area (Å²) in [5.41, 5.74) is 0.554. The van der Waals surface area contributed by atoms with Gasteiger partial charge in [-0.3, -0.25) is 14.5 Å². The van der Waals surface area contributed by atoms with E-state index in [4.69, 9.17) is 9.15 Å². The molecular formula is C24H20FN3O4S. The molecule has 0 fully saturated rings. The van der Waals surface area contributed by atoms with Gasteiger partial charge in [0.15, 0.2) is 5.43 Å². The summed E-state index contributed by atoms with van der Waals surface area (Å²) in [5, 5.41) is 9.55. The lowest BCUT2D eigenvalue weighted by Crippen LogP contribution is -2.29. The number of nitrogens with zero attached hydrogens (tertiary/aromatic N) is 3. The van der Waals surface area contributed by atoms with E-state index in [1.807, 2.05) is 26.0 Å². The van der Waals surface area contributed by atoms with Gasteiger partial charge in [-0.2, -0.15) is 0 Å². The summed E-state index contributed by atoms with van der Waals surface area (Å²) in [6, 6.07) is 10.1. The molecule has 2 aromatic heterocycles. The summed E-state index contributed by atoms with van der Waals surface area (Å²) in [4.78, 5) is 28.4. The lowest BCUT2D eigenvalue weighted by molar-refractivity contribution is 0.0970. The number of amides is 1. The van der Waals surface area contributed by atoms with Crippen LogP contribution in [0.25, 0.3) is 11.0 Å². The van der Waals surface area contributed by atoms with Crippen LogP contribution in [-0.2, 0) is 6.42 Å². The van der Waals surface area contributed by atoms with Crippen LogP contribution in [0.1, 0.15) is 53.0 Å². The number of ether oxygens (including phenoxy) is 1. The number of aromatic nitrogens is 2. The van der Waals surface area contributed by atoms with Crippen molar-refractivity contribution in [2.75, 3.05) is 11.5 Å². The van der Waals surface area contributed by atoms with Crippen LogP contribution in [0.15, 0.2) is 51.7 Å². The van der Waals surface area contributed by atoms with Crippen molar-refractivity contribution >= 4 is 33.3 Å². The number of aryl methyl sites for hydroxylation is 1. The molecule has 1 amide bonds. The first-order valence-corrected chi connectivity index (χ1v) is 11.5. The Hall–Kier alpha value is -3.59. The minimum atomic E-state index is -0.783. The second kappa shape index (κ2) is 8.40. The number of hydrogen-bond donors (Lipinski definition) is 0. The molecule has 0 bridgehead atoms. The lowest BCUT2D eigenvalue weighted by Gasteiger charge is -2.22. The number of rotatable bonds is 6. The summed E-state index contributed by atoms with van der Waals surface area (Å²) >= 11 is 1.28. The highest BCUT2D eigenvalue weighted by Gasteiger charge is 2.45. The van der Waals surface area contributed by atoms with Gasteiger partial charge in [0.05, 0.1) is 23.6 Å². The summed E-state index contributed by atoms with van der Waals surface area (Å²) in [6.07, 6.45) is 1.54. The Morgan fingerprint density at radius 3 is 2.61 bits per heavy atom. The Bertz CT molecular complexity index is 1410. The van der Waals surface area contributed by atoms with Gasteiger partial charge in [0.1, 0.15) is 22.2 Å². The van der Waals surface area contributed by atoms with Crippen LogP contribution in [0.3, 0.4) is 0 Å². The van der Waals surface area contributed by atoms with Crippen molar-refractivity contribution in [3.63, 3.8) is 0 Å². The van der Waals surface area contributed by atoms with Crippen LogP contribution in [0, 0.1) is 5.82 Å². The van der Waals surface area contributed by atoms with E-state index in [1.165, 1.54) is 28.4 Å². The molecule has 4 aromatic rings. The van der Waals surface area contributed by atoms with Crippen molar-refractivity contribution in [2.24, 2.45) is 0 Å². The quantitative estimate of drug-likeness (QED) is 0.403. The van der Waals surface area contributed by atoms with E-state index >= 15 is 0 Å². The van der Waals surface area contributed by atoms with Crippen molar-refractivity contribution in [3.05, 3.63) is 80.4 Å². The summed E-state index contributed by atoms with van der Waals surface area (Å²) in [6.45, 7) is 4.55. The Morgan fingerprint density at radius 2 is 1.91 bits per heavy atom. The molecule has 3 heterocycles. The maximum atomic E-state index is 13.9. The molecule has 0 N–H and O–H groups in total. The van der Waals surface area contributed by atoms with Crippen molar-refractivity contribution in [3.8, 4) is 5.75 Å². The molecule has 1 unspecified atom stereocenters. The third-order valence-electron chi connectivity index (χ3n) is 5.47. The first-order chi connectivity index (χ1) is 16.0. The van der Waals surface area contributed by atoms with E-state index in [0.717, 1.165) is 17.5 Å². The van der Waals surface area contributed by atoms with Gasteiger partial charge in [-0.25, -0.2) is 4.39 Å². The maximum Gasteiger partial charge on any atom is 0.297 e. The molecule has 5 rings (SSSR count). The molecule has 0 saturated carbocycles.